The molecule has 0 aromatic heterocycles. The lowest BCUT2D eigenvalue weighted by Gasteiger charge is -2.13. The quantitative estimate of drug-likeness (QED) is 0.603. The SMILES string of the molecule is Oc1ccc(Oc2cccc(Cl)c2)c(Oc2cccc(Cl)c2)c1. The van der Waals surface area contributed by atoms with Crippen molar-refractivity contribution in [3.8, 4) is 28.7 Å². The highest BCUT2D eigenvalue weighted by Gasteiger charge is 2.10. The summed E-state index contributed by atoms with van der Waals surface area (Å²) < 4.78 is 11.6. The van der Waals surface area contributed by atoms with E-state index in [1.807, 2.05) is 0 Å². The topological polar surface area (TPSA) is 38.7 Å². The van der Waals surface area contributed by atoms with Gasteiger partial charge in [-0.3, -0.25) is 0 Å². The standard InChI is InChI=1S/C18H12Cl2O3/c19-12-3-1-5-15(9-12)22-17-8-7-14(21)11-18(17)23-16-6-2-4-13(20)10-16/h1-11,21H. The zero-order valence-corrected chi connectivity index (χ0v) is 13.4. The van der Waals surface area contributed by atoms with Crippen molar-refractivity contribution in [2.45, 2.75) is 0 Å². The third-order valence-corrected chi connectivity index (χ3v) is 3.45. The van der Waals surface area contributed by atoms with Crippen molar-refractivity contribution in [3.63, 3.8) is 0 Å². The number of hydrogen-bond donors (Lipinski definition) is 1. The van der Waals surface area contributed by atoms with Gasteiger partial charge in [0.05, 0.1) is 0 Å². The normalized spacial score (nSPS) is 10.3. The average Bonchev–Trinajstić information content (AvgIpc) is 2.50. The Bertz CT molecular complexity index is 834. The molecule has 0 bridgehead atoms. The fourth-order valence-corrected chi connectivity index (χ4v) is 2.34. The van der Waals surface area contributed by atoms with Crippen LogP contribution in [0.25, 0.3) is 0 Å². The van der Waals surface area contributed by atoms with Gasteiger partial charge < -0.3 is 14.6 Å². The van der Waals surface area contributed by atoms with Crippen LogP contribution in [0.2, 0.25) is 10.0 Å². The first-order valence-corrected chi connectivity index (χ1v) is 7.55. The zero-order chi connectivity index (χ0) is 16.2. The monoisotopic (exact) mass is 346 g/mol. The molecule has 0 aliphatic rings. The molecule has 0 aliphatic carbocycles. The van der Waals surface area contributed by atoms with Gasteiger partial charge in [-0.2, -0.15) is 0 Å². The first-order chi connectivity index (χ1) is 11.1. The Morgan fingerprint density at radius 1 is 0.652 bits per heavy atom. The van der Waals surface area contributed by atoms with Gasteiger partial charge in [-0.25, -0.2) is 0 Å². The summed E-state index contributed by atoms with van der Waals surface area (Å²) >= 11 is 11.9. The van der Waals surface area contributed by atoms with Crippen LogP contribution >= 0.6 is 23.2 Å². The Kier molecular flexibility index (Phi) is 4.60. The molecule has 3 aromatic rings. The summed E-state index contributed by atoms with van der Waals surface area (Å²) in [7, 11) is 0. The zero-order valence-electron chi connectivity index (χ0n) is 11.9. The number of phenolic OH excluding ortho intramolecular Hbond substituents is 1. The summed E-state index contributed by atoms with van der Waals surface area (Å²) in [6.07, 6.45) is 0. The lowest BCUT2D eigenvalue weighted by molar-refractivity contribution is 0.410. The molecule has 0 spiro atoms. The van der Waals surface area contributed by atoms with Crippen molar-refractivity contribution in [3.05, 3.63) is 76.8 Å². The Morgan fingerprint density at radius 2 is 1.22 bits per heavy atom. The number of hydrogen-bond acceptors (Lipinski definition) is 3. The highest BCUT2D eigenvalue weighted by molar-refractivity contribution is 6.31. The van der Waals surface area contributed by atoms with E-state index >= 15 is 0 Å². The molecule has 3 nitrogen and oxygen atoms in total. The van der Waals surface area contributed by atoms with Crippen LogP contribution in [0.1, 0.15) is 0 Å². The average molecular weight is 347 g/mol. The first kappa shape index (κ1) is 15.5. The van der Waals surface area contributed by atoms with Crippen LogP contribution in [-0.2, 0) is 0 Å². The summed E-state index contributed by atoms with van der Waals surface area (Å²) in [5.41, 5.74) is 0. The Balaban J connectivity index is 1.91. The van der Waals surface area contributed by atoms with Gasteiger partial charge >= 0.3 is 0 Å². The van der Waals surface area contributed by atoms with E-state index in [1.165, 1.54) is 12.1 Å². The van der Waals surface area contributed by atoms with Crippen LogP contribution in [0.3, 0.4) is 0 Å². The van der Waals surface area contributed by atoms with Gasteiger partial charge in [-0.05, 0) is 48.5 Å². The molecular formula is C18H12Cl2O3. The van der Waals surface area contributed by atoms with Crippen LogP contribution in [0, 0.1) is 0 Å². The molecule has 0 fully saturated rings. The smallest absolute Gasteiger partial charge is 0.173 e. The van der Waals surface area contributed by atoms with E-state index < -0.39 is 0 Å². The summed E-state index contributed by atoms with van der Waals surface area (Å²) in [5, 5.41) is 10.8. The van der Waals surface area contributed by atoms with E-state index in [1.54, 1.807) is 54.6 Å². The molecule has 0 heterocycles. The number of ether oxygens (including phenoxy) is 2. The van der Waals surface area contributed by atoms with Crippen molar-refractivity contribution in [2.75, 3.05) is 0 Å². The van der Waals surface area contributed by atoms with Gasteiger partial charge in [0.2, 0.25) is 0 Å². The molecule has 0 radical (unpaired) electrons. The number of phenols is 1. The second kappa shape index (κ2) is 6.82. The fourth-order valence-electron chi connectivity index (χ4n) is 1.98. The first-order valence-electron chi connectivity index (χ1n) is 6.80. The molecule has 3 rings (SSSR count). The molecule has 3 aromatic carbocycles. The number of benzene rings is 3. The summed E-state index contributed by atoms with van der Waals surface area (Å²) in [6.45, 7) is 0. The number of rotatable bonds is 4. The number of aromatic hydroxyl groups is 1. The van der Waals surface area contributed by atoms with Crippen molar-refractivity contribution in [1.82, 2.24) is 0 Å². The molecule has 1 N–H and O–H groups in total. The van der Waals surface area contributed by atoms with Crippen molar-refractivity contribution in [1.29, 1.82) is 0 Å². The minimum absolute atomic E-state index is 0.0699. The molecule has 0 aliphatic heterocycles. The van der Waals surface area contributed by atoms with Gasteiger partial charge in [0.15, 0.2) is 11.5 Å². The minimum atomic E-state index is 0.0699. The van der Waals surface area contributed by atoms with Crippen LogP contribution in [-0.4, -0.2) is 5.11 Å². The predicted molar refractivity (Wildman–Crippen MR) is 91.2 cm³/mol. The molecule has 5 heteroatoms. The highest BCUT2D eigenvalue weighted by Crippen LogP contribution is 2.38. The number of halogens is 2. The maximum Gasteiger partial charge on any atom is 0.173 e. The van der Waals surface area contributed by atoms with Gasteiger partial charge in [0, 0.05) is 16.1 Å². The van der Waals surface area contributed by atoms with Crippen molar-refractivity contribution in [2.24, 2.45) is 0 Å². The second-order valence-corrected chi connectivity index (χ2v) is 5.62. The van der Waals surface area contributed by atoms with Gasteiger partial charge in [0.1, 0.15) is 17.2 Å². The second-order valence-electron chi connectivity index (χ2n) is 4.75. The Hall–Kier alpha value is -2.36. The molecule has 0 amide bonds. The van der Waals surface area contributed by atoms with E-state index in [9.17, 15) is 5.11 Å². The van der Waals surface area contributed by atoms with E-state index in [2.05, 4.69) is 0 Å². The minimum Gasteiger partial charge on any atom is -0.508 e. The Labute approximate surface area is 143 Å². The van der Waals surface area contributed by atoms with Crippen molar-refractivity contribution >= 4 is 23.2 Å². The van der Waals surface area contributed by atoms with Crippen LogP contribution in [0.4, 0.5) is 0 Å². The van der Waals surface area contributed by atoms with Crippen molar-refractivity contribution < 1.29 is 14.6 Å². The molecule has 0 saturated heterocycles. The summed E-state index contributed by atoms with van der Waals surface area (Å²) in [4.78, 5) is 0. The van der Waals surface area contributed by atoms with Gasteiger partial charge in [-0.15, -0.1) is 0 Å². The maximum atomic E-state index is 9.70. The van der Waals surface area contributed by atoms with Crippen LogP contribution < -0.4 is 9.47 Å². The van der Waals surface area contributed by atoms with E-state index in [0.29, 0.717) is 33.0 Å². The predicted octanol–water partition coefficient (Wildman–Crippen LogP) is 6.28. The molecule has 0 saturated carbocycles. The van der Waals surface area contributed by atoms with Gasteiger partial charge in [0.25, 0.3) is 0 Å². The molecular weight excluding hydrogens is 335 g/mol. The lowest BCUT2D eigenvalue weighted by atomic mass is 10.3. The fraction of sp³-hybridized carbons (Fsp3) is 0. The Morgan fingerprint density at radius 3 is 1.78 bits per heavy atom. The lowest BCUT2D eigenvalue weighted by Crippen LogP contribution is -1.90. The molecule has 116 valence electrons. The van der Waals surface area contributed by atoms with E-state index in [4.69, 9.17) is 32.7 Å². The third kappa shape index (κ3) is 4.09. The van der Waals surface area contributed by atoms with E-state index in [0.717, 1.165) is 0 Å². The highest BCUT2D eigenvalue weighted by atomic mass is 35.5. The molecule has 0 atom stereocenters. The summed E-state index contributed by atoms with van der Waals surface area (Å²) in [6, 6.07) is 18.6. The summed E-state index contributed by atoms with van der Waals surface area (Å²) in [5.74, 6) is 2.00. The van der Waals surface area contributed by atoms with Crippen LogP contribution in [0.5, 0.6) is 28.7 Å². The van der Waals surface area contributed by atoms with E-state index in [-0.39, 0.29) is 5.75 Å². The molecule has 0 unspecified atom stereocenters. The maximum absolute atomic E-state index is 9.70. The third-order valence-electron chi connectivity index (χ3n) is 2.98. The molecule has 23 heavy (non-hydrogen) atoms. The van der Waals surface area contributed by atoms with Crippen LogP contribution in [0.15, 0.2) is 66.7 Å². The largest absolute Gasteiger partial charge is 0.508 e. The van der Waals surface area contributed by atoms with Gasteiger partial charge in [-0.1, -0.05) is 35.3 Å².